The molecule has 66 heavy (non-hydrogen) atoms. The molecule has 346 valence electrons. The highest BCUT2D eigenvalue weighted by Gasteiger charge is 2.57. The number of aliphatic imine (C=N–C) groups is 1. The first-order valence-electron chi connectivity index (χ1n) is 22.2. The average molecular weight is 903 g/mol. The molecule has 0 radical (unpaired) electrons. The van der Waals surface area contributed by atoms with Crippen LogP contribution >= 0.6 is 0 Å². The molecule has 4 aromatic carbocycles. The van der Waals surface area contributed by atoms with E-state index < -0.39 is 48.1 Å². The summed E-state index contributed by atoms with van der Waals surface area (Å²) in [5, 5.41) is 2.62. The highest BCUT2D eigenvalue weighted by molar-refractivity contribution is 6.08. The fourth-order valence-corrected chi connectivity index (χ4v) is 8.00. The van der Waals surface area contributed by atoms with Crippen LogP contribution in [0.2, 0.25) is 0 Å². The van der Waals surface area contributed by atoms with Gasteiger partial charge in [-0.25, -0.2) is 28.9 Å². The summed E-state index contributed by atoms with van der Waals surface area (Å²) < 4.78 is 27.7. The molecule has 3 saturated heterocycles. The van der Waals surface area contributed by atoms with Crippen molar-refractivity contribution >= 4 is 42.1 Å². The van der Waals surface area contributed by atoms with Crippen LogP contribution in [0, 0.1) is 11.8 Å². The SMILES string of the molecule is O=C(/N=C(\NC(=O)OCc1ccccc1)N1CCCC(C[C@H]2C(=O)N(C(=O)N3CCN(C(=O)OCCCOc4ccccc4)CC3)C2C(=O)OCc2ccccc2)C1)OCc1ccccc1. The first-order chi connectivity index (χ1) is 32.2. The zero-order valence-electron chi connectivity index (χ0n) is 36.6. The molecule has 0 saturated carbocycles. The summed E-state index contributed by atoms with van der Waals surface area (Å²) in [6, 6.07) is 34.8. The summed E-state index contributed by atoms with van der Waals surface area (Å²) in [5.41, 5.74) is 2.26. The van der Waals surface area contributed by atoms with Gasteiger partial charge in [0, 0.05) is 45.7 Å². The molecule has 3 atom stereocenters. The van der Waals surface area contributed by atoms with E-state index in [1.807, 2.05) is 97.1 Å². The largest absolute Gasteiger partial charge is 0.493 e. The lowest BCUT2D eigenvalue weighted by Crippen LogP contribution is -2.70. The third kappa shape index (κ3) is 13.1. The quantitative estimate of drug-likeness (QED) is 0.0357. The number of para-hydroxylation sites is 1. The van der Waals surface area contributed by atoms with Crippen LogP contribution in [0.5, 0.6) is 5.75 Å². The maximum atomic E-state index is 14.0. The predicted octanol–water partition coefficient (Wildman–Crippen LogP) is 6.62. The van der Waals surface area contributed by atoms with E-state index in [1.165, 1.54) is 9.80 Å². The Balaban J connectivity index is 0.977. The molecule has 3 aliphatic rings. The van der Waals surface area contributed by atoms with Gasteiger partial charge in [0.1, 0.15) is 25.6 Å². The first-order valence-corrected chi connectivity index (χ1v) is 22.2. The number of guanidine groups is 1. The van der Waals surface area contributed by atoms with Crippen LogP contribution in [0.3, 0.4) is 0 Å². The molecule has 4 aromatic rings. The fraction of sp³-hybridized carbons (Fsp3) is 0.367. The molecule has 3 fully saturated rings. The topological polar surface area (TPSA) is 186 Å². The smallest absolute Gasteiger partial charge is 0.437 e. The van der Waals surface area contributed by atoms with E-state index in [1.54, 1.807) is 29.2 Å². The number of piperidine rings is 1. The van der Waals surface area contributed by atoms with Gasteiger partial charge in [0.15, 0.2) is 6.04 Å². The van der Waals surface area contributed by atoms with E-state index in [-0.39, 0.29) is 77.4 Å². The van der Waals surface area contributed by atoms with Crippen molar-refractivity contribution in [1.29, 1.82) is 0 Å². The maximum Gasteiger partial charge on any atom is 0.437 e. The number of hydrogen-bond acceptors (Lipinski definition) is 11. The number of benzene rings is 4. The van der Waals surface area contributed by atoms with Crippen LogP contribution in [0.15, 0.2) is 126 Å². The lowest BCUT2D eigenvalue weighted by atomic mass is 9.78. The van der Waals surface area contributed by atoms with Crippen molar-refractivity contribution in [2.45, 2.75) is 51.5 Å². The molecule has 0 spiro atoms. The van der Waals surface area contributed by atoms with Crippen LogP contribution < -0.4 is 10.1 Å². The van der Waals surface area contributed by atoms with E-state index in [4.69, 9.17) is 23.7 Å². The number of amides is 6. The molecule has 3 heterocycles. The number of carbonyl (C=O) groups is 6. The minimum Gasteiger partial charge on any atom is -0.493 e. The molecule has 7 rings (SSSR count). The van der Waals surface area contributed by atoms with E-state index in [0.717, 1.165) is 27.3 Å². The van der Waals surface area contributed by atoms with E-state index >= 15 is 0 Å². The highest BCUT2D eigenvalue weighted by atomic mass is 16.6. The fourth-order valence-electron chi connectivity index (χ4n) is 8.00. The van der Waals surface area contributed by atoms with Crippen molar-refractivity contribution < 1.29 is 52.5 Å². The van der Waals surface area contributed by atoms with Gasteiger partial charge < -0.3 is 38.4 Å². The van der Waals surface area contributed by atoms with E-state index in [9.17, 15) is 28.8 Å². The van der Waals surface area contributed by atoms with Gasteiger partial charge in [-0.1, -0.05) is 109 Å². The zero-order chi connectivity index (χ0) is 46.1. The number of esters is 1. The Morgan fingerprint density at radius 2 is 1.18 bits per heavy atom. The highest BCUT2D eigenvalue weighted by Crippen LogP contribution is 2.37. The summed E-state index contributed by atoms with van der Waals surface area (Å²) in [4.78, 5) is 90.7. The van der Waals surface area contributed by atoms with Crippen molar-refractivity contribution in [2.24, 2.45) is 16.8 Å². The summed E-state index contributed by atoms with van der Waals surface area (Å²) in [7, 11) is 0. The number of likely N-dealkylation sites (tertiary alicyclic amines) is 2. The van der Waals surface area contributed by atoms with Crippen molar-refractivity contribution in [2.75, 3.05) is 52.5 Å². The van der Waals surface area contributed by atoms with Gasteiger partial charge >= 0.3 is 30.3 Å². The number of alkyl carbamates (subject to hydrolysis) is 1. The number of rotatable bonds is 14. The number of hydrogen-bond donors (Lipinski definition) is 1. The van der Waals surface area contributed by atoms with Crippen LogP contribution in [-0.2, 0) is 48.4 Å². The van der Waals surface area contributed by atoms with Crippen molar-refractivity contribution in [3.8, 4) is 5.75 Å². The second-order valence-electron chi connectivity index (χ2n) is 16.1. The lowest BCUT2D eigenvalue weighted by Gasteiger charge is -2.48. The minimum absolute atomic E-state index is 0.0177. The molecule has 17 nitrogen and oxygen atoms in total. The van der Waals surface area contributed by atoms with Crippen LogP contribution in [0.1, 0.15) is 42.4 Å². The standard InChI is InChI=1S/C49H54N6O11/c56-43-41(31-39-21-13-24-54(32-39)45(50-46(58)65-34-37-17-7-2-8-18-37)51-47(59)66-35-38-19-9-3-10-20-38)42(44(57)64-33-36-15-5-1-6-16-36)55(43)48(60)52-25-27-53(28-26-52)49(61)63-30-14-29-62-40-22-11-4-12-23-40/h1-12,15-20,22-23,39,41-42H,13-14,21,24-35H2,(H,50,51,58,59)/t39?,41-,42?/m1/s1. The van der Waals surface area contributed by atoms with Gasteiger partial charge in [0.25, 0.3) is 0 Å². The Kier molecular flexibility index (Phi) is 16.6. The third-order valence-corrected chi connectivity index (χ3v) is 11.5. The molecule has 3 aliphatic heterocycles. The van der Waals surface area contributed by atoms with Gasteiger partial charge in [-0.2, -0.15) is 0 Å². The average Bonchev–Trinajstić information content (AvgIpc) is 3.36. The van der Waals surface area contributed by atoms with Gasteiger partial charge in [0.2, 0.25) is 11.9 Å². The Bertz CT molecular complexity index is 2280. The minimum atomic E-state index is -1.20. The Morgan fingerprint density at radius 1 is 0.621 bits per heavy atom. The van der Waals surface area contributed by atoms with Crippen molar-refractivity contribution in [1.82, 2.24) is 24.9 Å². The summed E-state index contributed by atoms with van der Waals surface area (Å²) in [6.45, 7) is 1.70. The van der Waals surface area contributed by atoms with Gasteiger partial charge in [-0.15, -0.1) is 4.99 Å². The molecule has 0 bridgehead atoms. The van der Waals surface area contributed by atoms with E-state index in [0.29, 0.717) is 32.4 Å². The van der Waals surface area contributed by atoms with E-state index in [2.05, 4.69) is 10.3 Å². The van der Waals surface area contributed by atoms with Crippen LogP contribution in [-0.4, -0.2) is 120 Å². The first kappa shape index (κ1) is 46.6. The molecule has 1 N–H and O–H groups in total. The number of urea groups is 1. The summed E-state index contributed by atoms with van der Waals surface area (Å²) in [6.07, 6.45) is -0.301. The molecule has 17 heteroatoms. The maximum absolute atomic E-state index is 14.0. The summed E-state index contributed by atoms with van der Waals surface area (Å²) in [5.74, 6) is -1.68. The number of imide groups is 1. The Morgan fingerprint density at radius 3 is 1.80 bits per heavy atom. The Hall–Kier alpha value is -7.43. The molecular weight excluding hydrogens is 849 g/mol. The predicted molar refractivity (Wildman–Crippen MR) is 240 cm³/mol. The third-order valence-electron chi connectivity index (χ3n) is 11.5. The molecular formula is C49H54N6O11. The van der Waals surface area contributed by atoms with Crippen molar-refractivity contribution in [3.63, 3.8) is 0 Å². The van der Waals surface area contributed by atoms with Gasteiger partial charge in [-0.3, -0.25) is 10.1 Å². The number of carbonyl (C=O) groups excluding carboxylic acids is 6. The van der Waals surface area contributed by atoms with Crippen molar-refractivity contribution in [3.05, 3.63) is 138 Å². The van der Waals surface area contributed by atoms with Crippen LogP contribution in [0.4, 0.5) is 19.2 Å². The van der Waals surface area contributed by atoms with Gasteiger partial charge in [0.05, 0.1) is 19.1 Å². The molecule has 6 amide bonds. The number of ether oxygens (including phenoxy) is 5. The second kappa shape index (κ2) is 23.5. The normalized spacial score (nSPS) is 18.4. The monoisotopic (exact) mass is 902 g/mol. The van der Waals surface area contributed by atoms with Crippen LogP contribution in [0.25, 0.3) is 0 Å². The number of β-lactam (4-membered cyclic amide) rings is 1. The Labute approximate surface area is 383 Å². The molecule has 2 unspecified atom stereocenters. The second-order valence-corrected chi connectivity index (χ2v) is 16.1. The molecule has 0 aliphatic carbocycles. The lowest BCUT2D eigenvalue weighted by molar-refractivity contribution is -0.172. The zero-order valence-corrected chi connectivity index (χ0v) is 36.6. The number of piperazine rings is 1. The number of nitrogens with zero attached hydrogens (tertiary/aromatic N) is 5. The van der Waals surface area contributed by atoms with Gasteiger partial charge in [-0.05, 0) is 54.0 Å². The number of nitrogens with one attached hydrogen (secondary N) is 1. The molecule has 0 aromatic heterocycles. The summed E-state index contributed by atoms with van der Waals surface area (Å²) >= 11 is 0.